The van der Waals surface area contributed by atoms with Crippen molar-refractivity contribution in [2.24, 2.45) is 0 Å². The van der Waals surface area contributed by atoms with E-state index in [1.165, 1.54) is 24.5 Å². The molecule has 13 heteroatoms. The Balaban J connectivity index is 1.33. The van der Waals surface area contributed by atoms with E-state index in [1.807, 2.05) is 54.6 Å². The van der Waals surface area contributed by atoms with Crippen LogP contribution in [0.5, 0.6) is 5.75 Å². The van der Waals surface area contributed by atoms with E-state index in [0.717, 1.165) is 34.9 Å². The number of ether oxygens (including phenoxy) is 1. The molecule has 11 nitrogen and oxygen atoms in total. The molecule has 0 fully saturated rings. The van der Waals surface area contributed by atoms with Crippen molar-refractivity contribution in [3.8, 4) is 16.9 Å². The molecule has 238 valence electrons. The fourth-order valence-electron chi connectivity index (χ4n) is 4.68. The van der Waals surface area contributed by atoms with Crippen molar-refractivity contribution in [1.82, 2.24) is 10.3 Å². The molecule has 1 heterocycles. The number of hydrogen-bond acceptors (Lipinski definition) is 8. The van der Waals surface area contributed by atoms with Gasteiger partial charge in [-0.2, -0.15) is 0 Å². The van der Waals surface area contributed by atoms with E-state index in [-0.39, 0.29) is 22.7 Å². The number of amides is 2. The summed E-state index contributed by atoms with van der Waals surface area (Å²) >= 11 is 2.69. The average molecular weight is 670 g/mol. The van der Waals surface area contributed by atoms with E-state index in [4.69, 9.17) is 16.3 Å². The summed E-state index contributed by atoms with van der Waals surface area (Å²) in [6.07, 6.45) is 2.65. The summed E-state index contributed by atoms with van der Waals surface area (Å²) < 4.78 is 30.9. The van der Waals surface area contributed by atoms with Crippen molar-refractivity contribution in [3.05, 3.63) is 153 Å². The number of pyridine rings is 1. The number of carbonyl (C=O) groups is 2. The Morgan fingerprint density at radius 3 is 2.23 bits per heavy atom. The lowest BCUT2D eigenvalue weighted by Crippen LogP contribution is -2.50. The van der Waals surface area contributed by atoms with Crippen LogP contribution in [0.15, 0.2) is 122 Å². The van der Waals surface area contributed by atoms with Crippen LogP contribution in [0.1, 0.15) is 21.5 Å². The van der Waals surface area contributed by atoms with Crippen LogP contribution < -0.4 is 14.4 Å². The maximum atomic E-state index is 13.7. The monoisotopic (exact) mass is 669 g/mol. The third kappa shape index (κ3) is 8.44. The van der Waals surface area contributed by atoms with Crippen molar-refractivity contribution in [3.63, 3.8) is 0 Å². The van der Waals surface area contributed by atoms with E-state index in [1.54, 1.807) is 24.3 Å². The minimum atomic E-state index is -3.20. The second kappa shape index (κ2) is 15.2. The Kier molecular flexibility index (Phi) is 10.7. The normalized spacial score (nSPS) is 12.0. The van der Waals surface area contributed by atoms with Gasteiger partial charge in [-0.1, -0.05) is 78.3 Å². The van der Waals surface area contributed by atoms with Gasteiger partial charge in [0.2, 0.25) is 0 Å². The van der Waals surface area contributed by atoms with Gasteiger partial charge in [0.25, 0.3) is 17.5 Å². The van der Waals surface area contributed by atoms with Gasteiger partial charge in [-0.3, -0.25) is 28.9 Å². The fourth-order valence-corrected chi connectivity index (χ4v) is 5.43. The highest BCUT2D eigenvalue weighted by molar-refractivity contribution is 7.81. The van der Waals surface area contributed by atoms with E-state index in [9.17, 15) is 28.5 Å². The first kappa shape index (κ1) is 32.9. The van der Waals surface area contributed by atoms with Crippen LogP contribution in [0.2, 0.25) is 5.02 Å². The molecule has 0 aliphatic carbocycles. The second-order valence-corrected chi connectivity index (χ2v) is 11.4. The van der Waals surface area contributed by atoms with Gasteiger partial charge >= 0.3 is 0 Å². The number of carbonyl (C=O) groups excluding carboxylic acids is 2. The van der Waals surface area contributed by atoms with Crippen LogP contribution in [0.25, 0.3) is 11.1 Å². The number of aromatic nitrogens is 1. The molecule has 0 aliphatic heterocycles. The molecule has 5 rings (SSSR count). The van der Waals surface area contributed by atoms with E-state index in [0.29, 0.717) is 22.2 Å². The first-order valence-corrected chi connectivity index (χ1v) is 15.5. The molecular formula is C34H26ClN4O7S-. The van der Waals surface area contributed by atoms with Crippen LogP contribution in [-0.2, 0) is 29.1 Å². The topological polar surface area (TPSA) is 155 Å². The molecule has 1 aromatic heterocycles. The maximum Gasteiger partial charge on any atom is 0.289 e. The molecule has 0 saturated heterocycles. The van der Waals surface area contributed by atoms with Crippen molar-refractivity contribution in [2.45, 2.75) is 19.1 Å². The number of nitrogens with one attached hydrogen (secondary N) is 1. The first-order chi connectivity index (χ1) is 22.7. The predicted octanol–water partition coefficient (Wildman–Crippen LogP) is 6.06. The third-order valence-electron chi connectivity index (χ3n) is 7.07. The standard InChI is InChI=1S/C34H27ClN4O7S/c35-30-17-14-28(20-32(30)39(42)43)38(47(44)45)34(41)31(37-33(40)27-7-4-18-36-21-27)19-23-10-15-29(16-11-23)46-22-24-8-12-26(13-9-24)25-5-2-1-3-6-25/h1-18,20-21,31H,19,22H2,(H,37,40)(H,44,45)/p-1/t31-/m0/s1. The lowest BCUT2D eigenvalue weighted by Gasteiger charge is -2.29. The van der Waals surface area contributed by atoms with E-state index < -0.39 is 39.7 Å². The van der Waals surface area contributed by atoms with Gasteiger partial charge < -0.3 is 14.6 Å². The number of nitro benzene ring substituents is 1. The molecule has 0 aliphatic rings. The van der Waals surface area contributed by atoms with Crippen LogP contribution in [0.3, 0.4) is 0 Å². The van der Waals surface area contributed by atoms with Gasteiger partial charge in [-0.15, -0.1) is 0 Å². The minimum Gasteiger partial charge on any atom is -0.755 e. The SMILES string of the molecule is O=C(N[C@@H](Cc1ccc(OCc2ccc(-c3ccccc3)cc2)cc1)C(=O)N(c1ccc(Cl)c([N+](=O)[O-])c1)S(=O)[O-])c1cccnc1. The van der Waals surface area contributed by atoms with Gasteiger partial charge in [0.1, 0.15) is 23.4 Å². The summed E-state index contributed by atoms with van der Waals surface area (Å²) in [6, 6.07) is 29.6. The largest absolute Gasteiger partial charge is 0.755 e. The average Bonchev–Trinajstić information content (AvgIpc) is 3.09. The maximum absolute atomic E-state index is 13.7. The molecule has 2 atom stereocenters. The number of hydrogen-bond donors (Lipinski definition) is 1. The molecule has 5 aromatic rings. The number of benzene rings is 4. The molecule has 0 spiro atoms. The Labute approximate surface area is 277 Å². The summed E-state index contributed by atoms with van der Waals surface area (Å²) in [6.45, 7) is 0.314. The van der Waals surface area contributed by atoms with Gasteiger partial charge in [-0.05, 0) is 58.7 Å². The fraction of sp³-hybridized carbons (Fsp3) is 0.0882. The summed E-state index contributed by atoms with van der Waals surface area (Å²) in [7, 11) is 0. The zero-order chi connectivity index (χ0) is 33.3. The lowest BCUT2D eigenvalue weighted by atomic mass is 10.0. The molecule has 0 bridgehead atoms. The summed E-state index contributed by atoms with van der Waals surface area (Å²) in [5.74, 6) is -1.17. The highest BCUT2D eigenvalue weighted by Gasteiger charge is 2.30. The number of halogens is 1. The first-order valence-electron chi connectivity index (χ1n) is 14.1. The predicted molar refractivity (Wildman–Crippen MR) is 176 cm³/mol. The Morgan fingerprint density at radius 2 is 1.60 bits per heavy atom. The van der Waals surface area contributed by atoms with Crippen molar-refractivity contribution in [2.75, 3.05) is 4.31 Å². The van der Waals surface area contributed by atoms with Crippen LogP contribution in [0.4, 0.5) is 11.4 Å². The van der Waals surface area contributed by atoms with Crippen molar-refractivity contribution >= 4 is 46.1 Å². The number of anilines is 1. The van der Waals surface area contributed by atoms with Crippen LogP contribution >= 0.6 is 11.6 Å². The number of nitro groups is 1. The van der Waals surface area contributed by atoms with Crippen LogP contribution in [-0.4, -0.2) is 36.5 Å². The third-order valence-corrected chi connectivity index (χ3v) is 8.08. The second-order valence-electron chi connectivity index (χ2n) is 10.2. The van der Waals surface area contributed by atoms with Crippen molar-refractivity contribution in [1.29, 1.82) is 0 Å². The van der Waals surface area contributed by atoms with Crippen LogP contribution in [0, 0.1) is 10.1 Å². The minimum absolute atomic E-state index is 0.116. The van der Waals surface area contributed by atoms with Gasteiger partial charge in [-0.25, -0.2) is 4.31 Å². The van der Waals surface area contributed by atoms with E-state index in [2.05, 4.69) is 10.3 Å². The Hall–Kier alpha value is -5.43. The van der Waals surface area contributed by atoms with Crippen molar-refractivity contribution < 1.29 is 28.0 Å². The molecule has 4 aromatic carbocycles. The lowest BCUT2D eigenvalue weighted by molar-refractivity contribution is -0.384. The summed E-state index contributed by atoms with van der Waals surface area (Å²) in [4.78, 5) is 41.3. The number of nitrogens with zero attached hydrogens (tertiary/aromatic N) is 3. The summed E-state index contributed by atoms with van der Waals surface area (Å²) in [5.41, 5.74) is 2.98. The molecule has 1 N–H and O–H groups in total. The zero-order valence-electron chi connectivity index (χ0n) is 24.5. The van der Waals surface area contributed by atoms with Gasteiger partial charge in [0.05, 0.1) is 27.4 Å². The molecular weight excluding hydrogens is 644 g/mol. The molecule has 0 radical (unpaired) electrons. The van der Waals surface area contributed by atoms with Gasteiger partial charge in [0.15, 0.2) is 0 Å². The Bertz CT molecular complexity index is 1890. The van der Waals surface area contributed by atoms with Gasteiger partial charge in [0, 0.05) is 24.9 Å². The molecule has 0 saturated carbocycles. The molecule has 47 heavy (non-hydrogen) atoms. The quantitative estimate of drug-likeness (QED) is 0.0955. The summed E-state index contributed by atoms with van der Waals surface area (Å²) in [5, 5.41) is 13.8. The van der Waals surface area contributed by atoms with E-state index >= 15 is 0 Å². The number of rotatable bonds is 12. The molecule has 2 amide bonds. The molecule has 1 unspecified atom stereocenters. The zero-order valence-corrected chi connectivity index (χ0v) is 26.1. The highest BCUT2D eigenvalue weighted by Crippen LogP contribution is 2.30. The Morgan fingerprint density at radius 1 is 0.915 bits per heavy atom. The highest BCUT2D eigenvalue weighted by atomic mass is 35.5. The smallest absolute Gasteiger partial charge is 0.289 e.